The molecule has 2 aromatic rings. The Hall–Kier alpha value is -1.42. The topological polar surface area (TPSA) is 34.9 Å². The van der Waals surface area contributed by atoms with Gasteiger partial charge < -0.3 is 0 Å². The molecule has 0 bridgehead atoms. The first-order valence-electron chi connectivity index (χ1n) is 4.88. The van der Waals surface area contributed by atoms with E-state index in [0.29, 0.717) is 15.9 Å². The lowest BCUT2D eigenvalue weighted by Gasteiger charge is -1.98. The van der Waals surface area contributed by atoms with E-state index in [1.807, 2.05) is 31.2 Å². The van der Waals surface area contributed by atoms with Gasteiger partial charge in [0.25, 0.3) is 0 Å². The zero-order valence-corrected chi connectivity index (χ0v) is 10.7. The minimum atomic E-state index is 0.589. The number of carbonyl (C=O) groups is 1. The Morgan fingerprint density at radius 3 is 2.50 bits per heavy atom. The van der Waals surface area contributed by atoms with E-state index in [9.17, 15) is 4.79 Å². The van der Waals surface area contributed by atoms with Crippen molar-refractivity contribution in [3.8, 4) is 11.3 Å². The van der Waals surface area contributed by atoms with Crippen LogP contribution in [-0.2, 0) is 7.05 Å². The molecule has 0 aliphatic carbocycles. The highest BCUT2D eigenvalue weighted by Crippen LogP contribution is 2.27. The maximum absolute atomic E-state index is 11.0. The molecule has 16 heavy (non-hydrogen) atoms. The number of aldehydes is 1. The monoisotopic (exact) mass is 278 g/mol. The van der Waals surface area contributed by atoms with E-state index < -0.39 is 0 Å². The average Bonchev–Trinajstić information content (AvgIpc) is 2.56. The first-order valence-corrected chi connectivity index (χ1v) is 5.67. The number of halogens is 1. The molecular formula is C12H11BrN2O. The van der Waals surface area contributed by atoms with Crippen LogP contribution in [0.2, 0.25) is 0 Å². The van der Waals surface area contributed by atoms with Crippen LogP contribution in [0.1, 0.15) is 15.9 Å². The van der Waals surface area contributed by atoms with Gasteiger partial charge in [0.15, 0.2) is 6.29 Å². The molecule has 0 aliphatic heterocycles. The molecule has 0 N–H and O–H groups in total. The lowest BCUT2D eigenvalue weighted by molar-refractivity contribution is 0.112. The number of aromatic nitrogens is 2. The van der Waals surface area contributed by atoms with Crippen molar-refractivity contribution < 1.29 is 4.79 Å². The van der Waals surface area contributed by atoms with Crippen molar-refractivity contribution >= 4 is 22.2 Å². The number of hydrogen-bond donors (Lipinski definition) is 0. The van der Waals surface area contributed by atoms with Gasteiger partial charge >= 0.3 is 0 Å². The van der Waals surface area contributed by atoms with Crippen molar-refractivity contribution in [2.45, 2.75) is 6.92 Å². The van der Waals surface area contributed by atoms with Crippen LogP contribution >= 0.6 is 15.9 Å². The van der Waals surface area contributed by atoms with Crippen molar-refractivity contribution in [2.24, 2.45) is 7.05 Å². The summed E-state index contributed by atoms with van der Waals surface area (Å²) in [5.74, 6) is 0. The SMILES string of the molecule is Cc1ccc(-c2nn(C)c(Br)c2C=O)cc1. The Balaban J connectivity index is 2.59. The first kappa shape index (κ1) is 11.1. The van der Waals surface area contributed by atoms with Crippen LogP contribution in [0.15, 0.2) is 28.9 Å². The third-order valence-corrected chi connectivity index (χ3v) is 3.39. The number of nitrogens with zero attached hydrogens (tertiary/aromatic N) is 2. The summed E-state index contributed by atoms with van der Waals surface area (Å²) >= 11 is 3.34. The van der Waals surface area contributed by atoms with Gasteiger partial charge in [0.1, 0.15) is 10.3 Å². The van der Waals surface area contributed by atoms with Crippen LogP contribution in [0.4, 0.5) is 0 Å². The highest BCUT2D eigenvalue weighted by molar-refractivity contribution is 9.10. The van der Waals surface area contributed by atoms with Crippen molar-refractivity contribution in [3.63, 3.8) is 0 Å². The van der Waals surface area contributed by atoms with E-state index >= 15 is 0 Å². The maximum atomic E-state index is 11.0. The Morgan fingerprint density at radius 2 is 1.94 bits per heavy atom. The maximum Gasteiger partial charge on any atom is 0.155 e. The standard InChI is InChI=1S/C12H11BrN2O/c1-8-3-5-9(6-4-8)11-10(7-16)12(13)15(2)14-11/h3-7H,1-2H3. The second-order valence-corrected chi connectivity index (χ2v) is 4.41. The van der Waals surface area contributed by atoms with E-state index in [2.05, 4.69) is 21.0 Å². The second kappa shape index (κ2) is 4.22. The summed E-state index contributed by atoms with van der Waals surface area (Å²) in [4.78, 5) is 11.0. The van der Waals surface area contributed by atoms with E-state index in [0.717, 1.165) is 11.8 Å². The Labute approximate surface area is 102 Å². The molecule has 1 aromatic heterocycles. The van der Waals surface area contributed by atoms with E-state index in [4.69, 9.17) is 0 Å². The van der Waals surface area contributed by atoms with Gasteiger partial charge in [0.05, 0.1) is 5.56 Å². The predicted octanol–water partition coefficient (Wildman–Crippen LogP) is 2.97. The van der Waals surface area contributed by atoms with Gasteiger partial charge in [-0.1, -0.05) is 29.8 Å². The summed E-state index contributed by atoms with van der Waals surface area (Å²) in [5, 5.41) is 4.32. The molecule has 1 aromatic carbocycles. The molecule has 0 unspecified atom stereocenters. The van der Waals surface area contributed by atoms with Gasteiger partial charge in [-0.05, 0) is 22.9 Å². The molecule has 1 heterocycles. The fraction of sp³-hybridized carbons (Fsp3) is 0.167. The van der Waals surface area contributed by atoms with Crippen molar-refractivity contribution in [3.05, 3.63) is 40.0 Å². The minimum absolute atomic E-state index is 0.589. The summed E-state index contributed by atoms with van der Waals surface area (Å²) in [7, 11) is 1.80. The minimum Gasteiger partial charge on any atom is -0.298 e. The van der Waals surface area contributed by atoms with Crippen LogP contribution in [0.5, 0.6) is 0 Å². The highest BCUT2D eigenvalue weighted by Gasteiger charge is 2.14. The fourth-order valence-electron chi connectivity index (χ4n) is 1.55. The molecule has 0 aliphatic rings. The van der Waals surface area contributed by atoms with Crippen LogP contribution in [0, 0.1) is 6.92 Å². The Bertz CT molecular complexity index is 529. The van der Waals surface area contributed by atoms with Gasteiger partial charge in [-0.3, -0.25) is 9.48 Å². The molecule has 2 rings (SSSR count). The summed E-state index contributed by atoms with van der Waals surface area (Å²) in [5.41, 5.74) is 3.44. The number of hydrogen-bond acceptors (Lipinski definition) is 2. The smallest absolute Gasteiger partial charge is 0.155 e. The number of rotatable bonds is 2. The summed E-state index contributed by atoms with van der Waals surface area (Å²) in [6.07, 6.45) is 0.826. The first-order chi connectivity index (χ1) is 7.63. The van der Waals surface area contributed by atoms with E-state index in [1.165, 1.54) is 5.56 Å². The predicted molar refractivity (Wildman–Crippen MR) is 66.5 cm³/mol. The molecular weight excluding hydrogens is 268 g/mol. The third-order valence-electron chi connectivity index (χ3n) is 2.45. The summed E-state index contributed by atoms with van der Waals surface area (Å²) < 4.78 is 2.36. The molecule has 4 heteroatoms. The lowest BCUT2D eigenvalue weighted by Crippen LogP contribution is -1.89. The average molecular weight is 279 g/mol. The molecule has 3 nitrogen and oxygen atoms in total. The van der Waals surface area contributed by atoms with Crippen molar-refractivity contribution in [1.29, 1.82) is 0 Å². The molecule has 0 atom stereocenters. The van der Waals surface area contributed by atoms with Crippen LogP contribution in [0.3, 0.4) is 0 Å². The van der Waals surface area contributed by atoms with Gasteiger partial charge in [0.2, 0.25) is 0 Å². The zero-order valence-electron chi connectivity index (χ0n) is 9.07. The molecule has 82 valence electrons. The Morgan fingerprint density at radius 1 is 1.31 bits per heavy atom. The number of carbonyl (C=O) groups excluding carboxylic acids is 1. The van der Waals surface area contributed by atoms with Crippen molar-refractivity contribution in [1.82, 2.24) is 9.78 Å². The molecule has 0 amide bonds. The van der Waals surface area contributed by atoms with Crippen LogP contribution < -0.4 is 0 Å². The van der Waals surface area contributed by atoms with E-state index in [-0.39, 0.29) is 0 Å². The highest BCUT2D eigenvalue weighted by atomic mass is 79.9. The van der Waals surface area contributed by atoms with Crippen molar-refractivity contribution in [2.75, 3.05) is 0 Å². The quantitative estimate of drug-likeness (QED) is 0.792. The number of aryl methyl sites for hydroxylation is 2. The zero-order chi connectivity index (χ0) is 11.7. The normalized spacial score (nSPS) is 10.4. The molecule has 0 spiro atoms. The van der Waals surface area contributed by atoms with Gasteiger partial charge in [-0.15, -0.1) is 0 Å². The molecule has 0 fully saturated rings. The van der Waals surface area contributed by atoms with Crippen LogP contribution in [0.25, 0.3) is 11.3 Å². The molecule has 0 saturated heterocycles. The van der Waals surface area contributed by atoms with Gasteiger partial charge in [0, 0.05) is 12.6 Å². The van der Waals surface area contributed by atoms with Gasteiger partial charge in [-0.25, -0.2) is 0 Å². The van der Waals surface area contributed by atoms with Gasteiger partial charge in [-0.2, -0.15) is 5.10 Å². The summed E-state index contributed by atoms with van der Waals surface area (Å²) in [6.45, 7) is 2.03. The third kappa shape index (κ3) is 1.80. The Kier molecular flexibility index (Phi) is 2.92. The molecule has 0 radical (unpaired) electrons. The largest absolute Gasteiger partial charge is 0.298 e. The summed E-state index contributed by atoms with van der Waals surface area (Å²) in [6, 6.07) is 7.95. The molecule has 0 saturated carbocycles. The van der Waals surface area contributed by atoms with Crippen LogP contribution in [-0.4, -0.2) is 16.1 Å². The second-order valence-electron chi connectivity index (χ2n) is 3.66. The van der Waals surface area contributed by atoms with E-state index in [1.54, 1.807) is 11.7 Å². The lowest BCUT2D eigenvalue weighted by atomic mass is 10.1. The fourth-order valence-corrected chi connectivity index (χ4v) is 1.91. The number of benzene rings is 1.